The second-order valence-electron chi connectivity index (χ2n) is 5.12. The molecule has 18 heavy (non-hydrogen) atoms. The number of aromatic hydroxyl groups is 1. The Morgan fingerprint density at radius 2 is 2.17 bits per heavy atom. The summed E-state index contributed by atoms with van der Waals surface area (Å²) in [7, 11) is 3.81. The van der Waals surface area contributed by atoms with Crippen molar-refractivity contribution in [2.24, 2.45) is 0 Å². The number of benzene rings is 1. The van der Waals surface area contributed by atoms with Gasteiger partial charge in [0.05, 0.1) is 7.11 Å². The fourth-order valence-corrected chi connectivity index (χ4v) is 3.32. The third kappa shape index (κ3) is 1.86. The summed E-state index contributed by atoms with van der Waals surface area (Å²) in [5, 5.41) is 10.2. The van der Waals surface area contributed by atoms with Gasteiger partial charge in [-0.15, -0.1) is 12.4 Å². The predicted octanol–water partition coefficient (Wildman–Crippen LogP) is 2.69. The van der Waals surface area contributed by atoms with Crippen LogP contribution in [0.3, 0.4) is 0 Å². The summed E-state index contributed by atoms with van der Waals surface area (Å²) in [6.45, 7) is 1.10. The Bertz CT molecular complexity index is 462. The van der Waals surface area contributed by atoms with Crippen molar-refractivity contribution in [1.82, 2.24) is 4.90 Å². The van der Waals surface area contributed by atoms with Crippen LogP contribution in [0.25, 0.3) is 0 Å². The van der Waals surface area contributed by atoms with Crippen molar-refractivity contribution in [2.45, 2.75) is 31.7 Å². The molecule has 0 aromatic heterocycles. The molecular formula is C14H20ClNO2. The highest BCUT2D eigenvalue weighted by Gasteiger charge is 2.32. The molecule has 3 nitrogen and oxygen atoms in total. The summed E-state index contributed by atoms with van der Waals surface area (Å²) in [5.74, 6) is 1.01. The van der Waals surface area contributed by atoms with Crippen LogP contribution in [-0.4, -0.2) is 30.7 Å². The topological polar surface area (TPSA) is 32.7 Å². The van der Waals surface area contributed by atoms with Crippen molar-refractivity contribution in [2.75, 3.05) is 20.7 Å². The van der Waals surface area contributed by atoms with Crippen LogP contribution in [0.1, 0.15) is 35.6 Å². The van der Waals surface area contributed by atoms with E-state index in [4.69, 9.17) is 4.74 Å². The molecule has 0 bridgehead atoms. The third-order valence-electron chi connectivity index (χ3n) is 4.22. The molecular weight excluding hydrogens is 250 g/mol. The Morgan fingerprint density at radius 1 is 1.39 bits per heavy atom. The van der Waals surface area contributed by atoms with Gasteiger partial charge in [0, 0.05) is 18.2 Å². The average Bonchev–Trinajstić information content (AvgIpc) is 2.36. The average molecular weight is 270 g/mol. The molecule has 0 fully saturated rings. The second kappa shape index (κ2) is 4.98. The highest BCUT2D eigenvalue weighted by molar-refractivity contribution is 5.85. The minimum Gasteiger partial charge on any atom is -0.504 e. The number of phenolic OH excluding ortho intramolecular Hbond substituents is 1. The normalized spacial score (nSPS) is 22.0. The van der Waals surface area contributed by atoms with Crippen LogP contribution in [0.4, 0.5) is 0 Å². The predicted molar refractivity (Wildman–Crippen MR) is 73.9 cm³/mol. The van der Waals surface area contributed by atoms with E-state index in [1.165, 1.54) is 17.5 Å². The van der Waals surface area contributed by atoms with Crippen LogP contribution in [0, 0.1) is 0 Å². The SMILES string of the molecule is COc1cc2c3c(c1O)CCCC3N(C)CC2.Cl. The van der Waals surface area contributed by atoms with Gasteiger partial charge in [0.1, 0.15) is 0 Å². The Kier molecular flexibility index (Phi) is 3.74. The van der Waals surface area contributed by atoms with Gasteiger partial charge in [0.2, 0.25) is 0 Å². The minimum absolute atomic E-state index is 0. The van der Waals surface area contributed by atoms with Gasteiger partial charge in [-0.1, -0.05) is 0 Å². The van der Waals surface area contributed by atoms with E-state index in [9.17, 15) is 5.11 Å². The molecule has 0 saturated heterocycles. The number of hydrogen-bond donors (Lipinski definition) is 1. The Morgan fingerprint density at radius 3 is 2.89 bits per heavy atom. The zero-order chi connectivity index (χ0) is 12.0. The van der Waals surface area contributed by atoms with Crippen molar-refractivity contribution in [3.05, 3.63) is 22.8 Å². The molecule has 0 saturated carbocycles. The fraction of sp³-hybridized carbons (Fsp3) is 0.571. The number of rotatable bonds is 1. The maximum absolute atomic E-state index is 10.2. The molecule has 1 unspecified atom stereocenters. The Balaban J connectivity index is 0.00000120. The lowest BCUT2D eigenvalue weighted by molar-refractivity contribution is 0.205. The second-order valence-corrected chi connectivity index (χ2v) is 5.12. The maximum Gasteiger partial charge on any atom is 0.161 e. The van der Waals surface area contributed by atoms with E-state index in [-0.39, 0.29) is 12.4 Å². The molecule has 4 heteroatoms. The van der Waals surface area contributed by atoms with Gasteiger partial charge in [0.15, 0.2) is 11.5 Å². The van der Waals surface area contributed by atoms with Crippen molar-refractivity contribution in [1.29, 1.82) is 0 Å². The maximum atomic E-state index is 10.2. The van der Waals surface area contributed by atoms with Crippen LogP contribution in [0.5, 0.6) is 11.5 Å². The van der Waals surface area contributed by atoms with Crippen molar-refractivity contribution < 1.29 is 9.84 Å². The lowest BCUT2D eigenvalue weighted by atomic mass is 9.80. The molecule has 1 heterocycles. The summed E-state index contributed by atoms with van der Waals surface area (Å²) in [4.78, 5) is 2.41. The largest absolute Gasteiger partial charge is 0.504 e. The van der Waals surface area contributed by atoms with Crippen LogP contribution in [0.15, 0.2) is 6.07 Å². The molecule has 0 spiro atoms. The summed E-state index contributed by atoms with van der Waals surface area (Å²) >= 11 is 0. The number of halogens is 1. The van der Waals surface area contributed by atoms with E-state index in [2.05, 4.69) is 11.9 Å². The van der Waals surface area contributed by atoms with E-state index in [1.807, 2.05) is 6.07 Å². The van der Waals surface area contributed by atoms with Gasteiger partial charge in [0.25, 0.3) is 0 Å². The number of hydrogen-bond acceptors (Lipinski definition) is 3. The van der Waals surface area contributed by atoms with Gasteiger partial charge < -0.3 is 9.84 Å². The quantitative estimate of drug-likeness (QED) is 0.851. The van der Waals surface area contributed by atoms with Crippen molar-refractivity contribution in [3.63, 3.8) is 0 Å². The summed E-state index contributed by atoms with van der Waals surface area (Å²) in [6, 6.07) is 2.53. The number of likely N-dealkylation sites (N-methyl/N-ethyl adjacent to an activating group) is 1. The van der Waals surface area contributed by atoms with Crippen molar-refractivity contribution in [3.8, 4) is 11.5 Å². The monoisotopic (exact) mass is 269 g/mol. The van der Waals surface area contributed by atoms with Crippen LogP contribution >= 0.6 is 12.4 Å². The summed E-state index contributed by atoms with van der Waals surface area (Å²) in [5.41, 5.74) is 3.88. The van der Waals surface area contributed by atoms with E-state index in [0.717, 1.165) is 31.4 Å². The molecule has 1 N–H and O–H groups in total. The smallest absolute Gasteiger partial charge is 0.161 e. The van der Waals surface area contributed by atoms with Gasteiger partial charge in [-0.3, -0.25) is 4.90 Å². The standard InChI is InChI=1S/C14H19NO2.ClH/c1-15-7-6-9-8-12(17-2)14(16)10-4-3-5-11(15)13(9)10;/h8,11,16H,3-7H2,1-2H3;1H. The summed E-state index contributed by atoms with van der Waals surface area (Å²) < 4.78 is 5.28. The molecule has 0 radical (unpaired) electrons. The van der Waals surface area contributed by atoms with Crippen molar-refractivity contribution >= 4 is 12.4 Å². The van der Waals surface area contributed by atoms with Crippen LogP contribution in [0.2, 0.25) is 0 Å². The zero-order valence-electron chi connectivity index (χ0n) is 10.9. The molecule has 1 aliphatic carbocycles. The first-order chi connectivity index (χ1) is 8.22. The molecule has 1 atom stereocenters. The fourth-order valence-electron chi connectivity index (χ4n) is 3.32. The number of nitrogens with zero attached hydrogens (tertiary/aromatic N) is 1. The number of methoxy groups -OCH3 is 1. The van der Waals surface area contributed by atoms with Crippen LogP contribution < -0.4 is 4.74 Å². The molecule has 3 rings (SSSR count). The lowest BCUT2D eigenvalue weighted by Gasteiger charge is -2.39. The van der Waals surface area contributed by atoms with Crippen LogP contribution in [-0.2, 0) is 12.8 Å². The highest BCUT2D eigenvalue weighted by atomic mass is 35.5. The number of phenols is 1. The van der Waals surface area contributed by atoms with Gasteiger partial charge in [-0.2, -0.15) is 0 Å². The van der Waals surface area contributed by atoms with Gasteiger partial charge in [-0.25, -0.2) is 0 Å². The molecule has 1 aliphatic heterocycles. The zero-order valence-corrected chi connectivity index (χ0v) is 11.7. The molecule has 0 amide bonds. The molecule has 2 aliphatic rings. The van der Waals surface area contributed by atoms with E-state index >= 15 is 0 Å². The van der Waals surface area contributed by atoms with E-state index in [1.54, 1.807) is 7.11 Å². The van der Waals surface area contributed by atoms with Gasteiger partial charge >= 0.3 is 0 Å². The summed E-state index contributed by atoms with van der Waals surface area (Å²) in [6.07, 6.45) is 4.41. The molecule has 1 aromatic carbocycles. The third-order valence-corrected chi connectivity index (χ3v) is 4.22. The highest BCUT2D eigenvalue weighted by Crippen LogP contribution is 2.46. The first-order valence-corrected chi connectivity index (χ1v) is 6.34. The number of ether oxygens (including phenoxy) is 1. The molecule has 100 valence electrons. The first-order valence-electron chi connectivity index (χ1n) is 6.34. The Labute approximate surface area is 114 Å². The van der Waals surface area contributed by atoms with Gasteiger partial charge in [-0.05, 0) is 49.9 Å². The first kappa shape index (κ1) is 13.5. The Hall–Kier alpha value is -0.930. The van der Waals surface area contributed by atoms with E-state index in [0.29, 0.717) is 17.5 Å². The van der Waals surface area contributed by atoms with E-state index < -0.39 is 0 Å². The minimum atomic E-state index is 0. The lowest BCUT2D eigenvalue weighted by Crippen LogP contribution is -2.34. The molecule has 1 aromatic rings.